The van der Waals surface area contributed by atoms with Gasteiger partial charge in [-0.25, -0.2) is 0 Å². The Hall–Kier alpha value is -2.88. The first-order chi connectivity index (χ1) is 12.2. The maximum Gasteiger partial charge on any atom is 0.248 e. The van der Waals surface area contributed by atoms with Crippen LogP contribution < -0.4 is 21.6 Å². The van der Waals surface area contributed by atoms with E-state index in [1.807, 2.05) is 24.3 Å². The highest BCUT2D eigenvalue weighted by atomic mass is 31.1. The Labute approximate surface area is 150 Å². The maximum atomic E-state index is 11.2. The lowest BCUT2D eigenvalue weighted by Crippen LogP contribution is -2.21. The van der Waals surface area contributed by atoms with Crippen molar-refractivity contribution in [2.75, 3.05) is 0 Å². The van der Waals surface area contributed by atoms with E-state index in [-0.39, 0.29) is 0 Å². The average Bonchev–Trinajstić information content (AvgIpc) is 2.65. The van der Waals surface area contributed by atoms with Gasteiger partial charge in [-0.15, -0.1) is 12.3 Å². The number of primary amides is 1. The molecule has 0 bridgehead atoms. The van der Waals surface area contributed by atoms with Crippen molar-refractivity contribution in [1.29, 1.82) is 0 Å². The Balaban J connectivity index is 0.000000701. The quantitative estimate of drug-likeness (QED) is 0.573. The van der Waals surface area contributed by atoms with E-state index >= 15 is 0 Å². The van der Waals surface area contributed by atoms with Crippen molar-refractivity contribution in [2.45, 2.75) is 6.92 Å². The molecule has 3 rings (SSSR count). The van der Waals surface area contributed by atoms with Crippen LogP contribution in [0.5, 0.6) is 0 Å². The van der Waals surface area contributed by atoms with E-state index in [0.29, 0.717) is 5.56 Å². The van der Waals surface area contributed by atoms with Crippen molar-refractivity contribution in [2.24, 2.45) is 5.73 Å². The zero-order chi connectivity index (χ0) is 18.1. The molecule has 124 valence electrons. The van der Waals surface area contributed by atoms with Gasteiger partial charge in [-0.2, -0.15) is 0 Å². The third kappa shape index (κ3) is 5.05. The van der Waals surface area contributed by atoms with Gasteiger partial charge in [0.25, 0.3) is 0 Å². The predicted octanol–water partition coefficient (Wildman–Crippen LogP) is 3.18. The number of benzene rings is 3. The molecular formula is C22H20NOP. The van der Waals surface area contributed by atoms with Gasteiger partial charge in [-0.1, -0.05) is 72.8 Å². The number of carbonyl (C=O) groups is 1. The van der Waals surface area contributed by atoms with Crippen molar-refractivity contribution in [3.63, 3.8) is 0 Å². The molecule has 0 atom stereocenters. The molecule has 3 heteroatoms. The van der Waals surface area contributed by atoms with Gasteiger partial charge >= 0.3 is 0 Å². The lowest BCUT2D eigenvalue weighted by Gasteiger charge is -2.19. The van der Waals surface area contributed by atoms with Crippen LogP contribution in [0, 0.1) is 12.3 Å². The van der Waals surface area contributed by atoms with Gasteiger partial charge < -0.3 is 5.73 Å². The molecule has 0 aliphatic carbocycles. The van der Waals surface area contributed by atoms with E-state index in [2.05, 4.69) is 60.9 Å². The van der Waals surface area contributed by atoms with Crippen LogP contribution in [0.4, 0.5) is 0 Å². The minimum atomic E-state index is -0.630. The zero-order valence-electron chi connectivity index (χ0n) is 14.1. The number of hydrogen-bond acceptors (Lipinski definition) is 1. The largest absolute Gasteiger partial charge is 0.366 e. The third-order valence-corrected chi connectivity index (χ3v) is 5.88. The summed E-state index contributed by atoms with van der Waals surface area (Å²) in [6, 6.07) is 28.5. The molecule has 0 aliphatic rings. The molecule has 1 amide bonds. The van der Waals surface area contributed by atoms with Gasteiger partial charge in [0.2, 0.25) is 5.91 Å². The first kappa shape index (κ1) is 18.5. The number of rotatable bonds is 4. The van der Waals surface area contributed by atoms with Crippen molar-refractivity contribution in [1.82, 2.24) is 0 Å². The van der Waals surface area contributed by atoms with Gasteiger partial charge in [0.1, 0.15) is 0 Å². The van der Waals surface area contributed by atoms with E-state index < -0.39 is 13.8 Å². The Morgan fingerprint density at radius 2 is 1.16 bits per heavy atom. The molecule has 0 aliphatic heterocycles. The summed E-state index contributed by atoms with van der Waals surface area (Å²) in [7, 11) is -0.630. The Morgan fingerprint density at radius 1 is 0.800 bits per heavy atom. The van der Waals surface area contributed by atoms with E-state index in [1.54, 1.807) is 19.1 Å². The van der Waals surface area contributed by atoms with Crippen molar-refractivity contribution < 1.29 is 4.79 Å². The number of hydrogen-bond donors (Lipinski definition) is 1. The molecule has 3 aromatic carbocycles. The van der Waals surface area contributed by atoms with Gasteiger partial charge in [0.05, 0.1) is 0 Å². The highest BCUT2D eigenvalue weighted by Crippen LogP contribution is 2.32. The smallest absolute Gasteiger partial charge is 0.248 e. The predicted molar refractivity (Wildman–Crippen MR) is 108 cm³/mol. The van der Waals surface area contributed by atoms with Crippen LogP contribution in [0.3, 0.4) is 0 Å². The molecule has 0 aromatic heterocycles. The van der Waals surface area contributed by atoms with E-state index in [0.717, 1.165) is 0 Å². The molecule has 0 spiro atoms. The van der Waals surface area contributed by atoms with Crippen LogP contribution in [0.25, 0.3) is 0 Å². The summed E-state index contributed by atoms with van der Waals surface area (Å²) in [6.07, 6.45) is 4.60. The summed E-state index contributed by atoms with van der Waals surface area (Å²) in [5.74, 6) is 1.86. The summed E-state index contributed by atoms with van der Waals surface area (Å²) in [4.78, 5) is 11.2. The van der Waals surface area contributed by atoms with Crippen LogP contribution in [0.2, 0.25) is 0 Å². The molecule has 0 saturated heterocycles. The first-order valence-electron chi connectivity index (χ1n) is 7.85. The summed E-state index contributed by atoms with van der Waals surface area (Å²) < 4.78 is 0. The Morgan fingerprint density at radius 3 is 1.52 bits per heavy atom. The first-order valence-corrected chi connectivity index (χ1v) is 9.19. The molecule has 0 radical (unpaired) electrons. The van der Waals surface area contributed by atoms with E-state index in [9.17, 15) is 4.79 Å². The fourth-order valence-corrected chi connectivity index (χ4v) is 4.66. The van der Waals surface area contributed by atoms with Crippen LogP contribution in [-0.2, 0) is 0 Å². The normalized spacial score (nSPS) is 9.64. The molecule has 2 nitrogen and oxygen atoms in total. The fraction of sp³-hybridized carbons (Fsp3) is 0.0455. The van der Waals surface area contributed by atoms with Crippen molar-refractivity contribution in [3.8, 4) is 12.3 Å². The number of carbonyl (C=O) groups excluding carboxylic acids is 1. The molecule has 0 unspecified atom stereocenters. The highest BCUT2D eigenvalue weighted by molar-refractivity contribution is 7.79. The molecule has 0 heterocycles. The third-order valence-electron chi connectivity index (χ3n) is 3.44. The second kappa shape index (κ2) is 9.42. The number of amides is 1. The topological polar surface area (TPSA) is 43.1 Å². The Kier molecular flexibility index (Phi) is 6.96. The molecule has 25 heavy (non-hydrogen) atoms. The number of terminal acetylenes is 1. The van der Waals surface area contributed by atoms with Crippen molar-refractivity contribution in [3.05, 3.63) is 90.5 Å². The lowest BCUT2D eigenvalue weighted by molar-refractivity contribution is 0.100. The molecule has 0 saturated carbocycles. The maximum absolute atomic E-state index is 11.2. The summed E-state index contributed by atoms with van der Waals surface area (Å²) in [6.45, 7) is 1.65. The van der Waals surface area contributed by atoms with Gasteiger partial charge in [-0.3, -0.25) is 4.79 Å². The molecule has 2 N–H and O–H groups in total. The van der Waals surface area contributed by atoms with E-state index in [1.165, 1.54) is 15.9 Å². The second-order valence-electron chi connectivity index (χ2n) is 5.21. The standard InChI is InChI=1S/C19H16NOP.C3H4/c20-19(21)15-11-13-18(14-12-15)22(16-7-3-1-4-8-16)17-9-5-2-6-10-17;1-3-2/h1-14H,(H2,20,21);1H,2H3. The molecule has 0 fully saturated rings. The Bertz CT molecular complexity index is 797. The zero-order valence-corrected chi connectivity index (χ0v) is 15.0. The monoisotopic (exact) mass is 345 g/mol. The summed E-state index contributed by atoms with van der Waals surface area (Å²) in [5, 5.41) is 3.78. The lowest BCUT2D eigenvalue weighted by atomic mass is 10.2. The highest BCUT2D eigenvalue weighted by Gasteiger charge is 2.16. The minimum Gasteiger partial charge on any atom is -0.366 e. The van der Waals surface area contributed by atoms with E-state index in [4.69, 9.17) is 5.73 Å². The second-order valence-corrected chi connectivity index (χ2v) is 7.43. The molecular weight excluding hydrogens is 325 g/mol. The summed E-state index contributed by atoms with van der Waals surface area (Å²) in [5.41, 5.74) is 5.87. The SMILES string of the molecule is C#CC.NC(=O)c1ccc(P(c2ccccc2)c2ccccc2)cc1. The average molecular weight is 345 g/mol. The van der Waals surface area contributed by atoms with Crippen LogP contribution in [0.15, 0.2) is 84.9 Å². The van der Waals surface area contributed by atoms with Crippen LogP contribution in [0.1, 0.15) is 17.3 Å². The molecule has 3 aromatic rings. The van der Waals surface area contributed by atoms with Crippen molar-refractivity contribution >= 4 is 29.7 Å². The summed E-state index contributed by atoms with van der Waals surface area (Å²) >= 11 is 0. The van der Waals surface area contributed by atoms with Crippen LogP contribution in [-0.4, -0.2) is 5.91 Å². The number of nitrogens with two attached hydrogens (primary N) is 1. The fourth-order valence-electron chi connectivity index (χ4n) is 2.38. The van der Waals surface area contributed by atoms with Crippen LogP contribution >= 0.6 is 7.92 Å². The van der Waals surface area contributed by atoms with Gasteiger partial charge in [0, 0.05) is 5.56 Å². The van der Waals surface area contributed by atoms with Gasteiger partial charge in [-0.05, 0) is 42.9 Å². The minimum absolute atomic E-state index is 0.393. The van der Waals surface area contributed by atoms with Gasteiger partial charge in [0.15, 0.2) is 0 Å².